The molecule has 0 N–H and O–H groups in total. The van der Waals surface area contributed by atoms with E-state index >= 15 is 0 Å². The molecule has 5 heteroatoms. The number of aliphatic imine (C=N–C) groups is 4. The molecule has 0 aliphatic carbocycles. The fourth-order valence-electron chi connectivity index (χ4n) is 2.83. The number of rotatable bonds is 0. The van der Waals surface area contributed by atoms with Crippen LogP contribution in [0.15, 0.2) is 116 Å². The van der Waals surface area contributed by atoms with Gasteiger partial charge in [0, 0.05) is 0 Å². The fourth-order valence-corrected chi connectivity index (χ4v) is 2.83. The van der Waals surface area contributed by atoms with E-state index in [1.807, 2.05) is 72.9 Å². The van der Waals surface area contributed by atoms with Gasteiger partial charge in [-0.05, 0) is 72.9 Å². The highest BCUT2D eigenvalue weighted by Crippen LogP contribution is 2.20. The molecule has 0 spiro atoms. The summed E-state index contributed by atoms with van der Waals surface area (Å²) in [5.41, 5.74) is 7.15. The summed E-state index contributed by atoms with van der Waals surface area (Å²) in [4.78, 5) is 18.4. The molecule has 0 unspecified atom stereocenters. The average molecular weight is 335 g/mol. The Labute approximate surface area is 161 Å². The van der Waals surface area contributed by atoms with Gasteiger partial charge in [0.2, 0.25) is 0 Å². The van der Waals surface area contributed by atoms with Gasteiger partial charge in [0.15, 0.2) is 0 Å². The van der Waals surface area contributed by atoms with Crippen LogP contribution in [0.3, 0.4) is 0 Å². The van der Waals surface area contributed by atoms with Crippen molar-refractivity contribution in [3.05, 3.63) is 95.7 Å². The molecule has 5 aliphatic heterocycles. The molecule has 0 saturated carbocycles. The SMILES string of the molecule is C1=CC2=NC1=CC1=NC(=CC3=NC(=CC4=NC(=C2)C=C4)C=C3)C=C1.[MgH2]. The van der Waals surface area contributed by atoms with Crippen LogP contribution in [0.1, 0.15) is 0 Å². The monoisotopic (exact) mass is 334 g/mol. The van der Waals surface area contributed by atoms with Crippen molar-refractivity contribution in [2.45, 2.75) is 0 Å². The molecule has 4 nitrogen and oxygen atoms in total. The largest absolute Gasteiger partial charge is 0.316 e. The zero-order chi connectivity index (χ0) is 15.9. The van der Waals surface area contributed by atoms with Crippen LogP contribution in [-0.4, -0.2) is 45.9 Å². The van der Waals surface area contributed by atoms with Crippen LogP contribution in [0.4, 0.5) is 0 Å². The first-order chi connectivity index (χ1) is 11.8. The van der Waals surface area contributed by atoms with E-state index in [-0.39, 0.29) is 23.1 Å². The molecule has 0 aromatic heterocycles. The van der Waals surface area contributed by atoms with Crippen molar-refractivity contribution in [1.29, 1.82) is 0 Å². The Morgan fingerprint density at radius 1 is 0.360 bits per heavy atom. The third-order valence-electron chi connectivity index (χ3n) is 3.92. The van der Waals surface area contributed by atoms with Gasteiger partial charge in [-0.15, -0.1) is 0 Å². The second kappa shape index (κ2) is 6.35. The van der Waals surface area contributed by atoms with Crippen molar-refractivity contribution in [2.75, 3.05) is 0 Å². The van der Waals surface area contributed by atoms with Crippen LogP contribution in [0.25, 0.3) is 0 Å². The minimum atomic E-state index is 0. The molecule has 0 radical (unpaired) electrons. The summed E-state index contributed by atoms with van der Waals surface area (Å²) in [5, 5.41) is 0. The molecule has 0 aromatic carbocycles. The Kier molecular flexibility index (Phi) is 4.03. The molecule has 5 aliphatic rings. The van der Waals surface area contributed by atoms with Gasteiger partial charge in [-0.2, -0.15) is 0 Å². The molecular weight excluding hydrogens is 321 g/mol. The third kappa shape index (κ3) is 3.29. The van der Waals surface area contributed by atoms with Gasteiger partial charge in [-0.3, -0.25) is 0 Å². The van der Waals surface area contributed by atoms with Crippen molar-refractivity contribution in [3.63, 3.8) is 0 Å². The van der Waals surface area contributed by atoms with E-state index in [0.717, 1.165) is 45.6 Å². The first kappa shape index (κ1) is 15.9. The first-order valence-electron chi connectivity index (χ1n) is 7.74. The van der Waals surface area contributed by atoms with E-state index in [2.05, 4.69) is 20.0 Å². The number of hydrogen-bond acceptors (Lipinski definition) is 4. The maximum Gasteiger partial charge on any atom is 0.316 e. The van der Waals surface area contributed by atoms with Gasteiger partial charge in [0.25, 0.3) is 0 Å². The third-order valence-corrected chi connectivity index (χ3v) is 3.92. The van der Waals surface area contributed by atoms with Crippen LogP contribution < -0.4 is 0 Å². The molecule has 8 bridgehead atoms. The predicted octanol–water partition coefficient (Wildman–Crippen LogP) is 2.66. The van der Waals surface area contributed by atoms with Crippen molar-refractivity contribution in [3.8, 4) is 0 Å². The van der Waals surface area contributed by atoms with E-state index in [9.17, 15) is 0 Å². The van der Waals surface area contributed by atoms with Gasteiger partial charge in [0.05, 0.1) is 45.6 Å². The Hall–Kier alpha value is -2.63. The quantitative estimate of drug-likeness (QED) is 0.612. The smallest absolute Gasteiger partial charge is 0.249 e. The second-order valence-electron chi connectivity index (χ2n) is 5.76. The lowest BCUT2D eigenvalue weighted by atomic mass is 10.2. The number of fused-ring (bicyclic) bond motifs is 4. The summed E-state index contributed by atoms with van der Waals surface area (Å²) in [5.74, 6) is 0. The Morgan fingerprint density at radius 2 is 0.600 bits per heavy atom. The number of hydrogen-bond donors (Lipinski definition) is 0. The normalized spacial score (nSPS) is 21.8. The topological polar surface area (TPSA) is 49.4 Å². The zero-order valence-electron chi connectivity index (χ0n) is 12.7. The van der Waals surface area contributed by atoms with Gasteiger partial charge in [-0.1, -0.05) is 0 Å². The standard InChI is InChI=1S/C20H12N4.Mg.2H/c1-2-14-10-16-5-6-18(23-16)12-20-8-7-19(24-20)11-17-4-3-15(22-17)9-13(1)21-14;;;/h1-12H;;;. The second-order valence-corrected chi connectivity index (χ2v) is 5.76. The van der Waals surface area contributed by atoms with Crippen LogP contribution in [0.2, 0.25) is 0 Å². The van der Waals surface area contributed by atoms with Gasteiger partial charge < -0.3 is 0 Å². The highest BCUT2D eigenvalue weighted by molar-refractivity contribution is 6.14. The summed E-state index contributed by atoms with van der Waals surface area (Å²) in [6.07, 6.45) is 23.8. The summed E-state index contributed by atoms with van der Waals surface area (Å²) < 4.78 is 0. The lowest BCUT2D eigenvalue weighted by Crippen LogP contribution is -1.89. The molecule has 0 aromatic rings. The first-order valence-corrected chi connectivity index (χ1v) is 7.74. The van der Waals surface area contributed by atoms with E-state index in [1.165, 1.54) is 0 Å². The lowest BCUT2D eigenvalue weighted by Gasteiger charge is -1.94. The molecule has 0 fully saturated rings. The van der Waals surface area contributed by atoms with E-state index in [0.29, 0.717) is 0 Å². The van der Waals surface area contributed by atoms with Gasteiger partial charge >= 0.3 is 23.1 Å². The van der Waals surface area contributed by atoms with Crippen LogP contribution in [0, 0.1) is 0 Å². The Bertz CT molecular complexity index is 848. The van der Waals surface area contributed by atoms with E-state index < -0.39 is 0 Å². The molecule has 116 valence electrons. The Balaban J connectivity index is 0.00000157. The highest BCUT2D eigenvalue weighted by atomic mass is 24.3. The zero-order valence-corrected chi connectivity index (χ0v) is 12.7. The molecule has 25 heavy (non-hydrogen) atoms. The molecule has 5 rings (SSSR count). The lowest BCUT2D eigenvalue weighted by molar-refractivity contribution is 1.41. The van der Waals surface area contributed by atoms with Gasteiger partial charge in [0.1, 0.15) is 0 Å². The Morgan fingerprint density at radius 3 is 0.840 bits per heavy atom. The molecule has 0 amide bonds. The fraction of sp³-hybridized carbons (Fsp3) is 0. The number of allylic oxidation sites excluding steroid dienone is 12. The van der Waals surface area contributed by atoms with Crippen molar-refractivity contribution in [2.24, 2.45) is 20.0 Å². The average Bonchev–Trinajstić information content (AvgIpc) is 3.32. The van der Waals surface area contributed by atoms with Crippen LogP contribution in [-0.2, 0) is 0 Å². The summed E-state index contributed by atoms with van der Waals surface area (Å²) in [6, 6.07) is 0. The molecule has 0 atom stereocenters. The van der Waals surface area contributed by atoms with Crippen molar-refractivity contribution in [1.82, 2.24) is 0 Å². The van der Waals surface area contributed by atoms with Crippen LogP contribution >= 0.6 is 0 Å². The van der Waals surface area contributed by atoms with Crippen molar-refractivity contribution < 1.29 is 0 Å². The van der Waals surface area contributed by atoms with Crippen molar-refractivity contribution >= 4 is 45.9 Å². The molecule has 5 heterocycles. The summed E-state index contributed by atoms with van der Waals surface area (Å²) >= 11 is 0. The highest BCUT2D eigenvalue weighted by Gasteiger charge is 2.11. The predicted molar refractivity (Wildman–Crippen MR) is 107 cm³/mol. The van der Waals surface area contributed by atoms with Crippen LogP contribution in [0.5, 0.6) is 0 Å². The minimum Gasteiger partial charge on any atom is -0.249 e. The summed E-state index contributed by atoms with van der Waals surface area (Å²) in [6.45, 7) is 0. The minimum absolute atomic E-state index is 0. The summed E-state index contributed by atoms with van der Waals surface area (Å²) in [7, 11) is 0. The number of nitrogens with zero attached hydrogens (tertiary/aromatic N) is 4. The maximum absolute atomic E-state index is 4.59. The van der Waals surface area contributed by atoms with E-state index in [4.69, 9.17) is 0 Å². The van der Waals surface area contributed by atoms with E-state index in [1.54, 1.807) is 0 Å². The molecular formula is C20H14MgN4. The molecule has 0 saturated heterocycles. The maximum atomic E-state index is 4.59. The van der Waals surface area contributed by atoms with Gasteiger partial charge in [-0.25, -0.2) is 20.0 Å².